The Morgan fingerprint density at radius 2 is 1.96 bits per heavy atom. The summed E-state index contributed by atoms with van der Waals surface area (Å²) in [5.41, 5.74) is 1.88. The van der Waals surface area contributed by atoms with E-state index in [-0.39, 0.29) is 5.91 Å². The van der Waals surface area contributed by atoms with Crippen LogP contribution in [0.2, 0.25) is 0 Å². The minimum atomic E-state index is 0.134. The number of amides is 1. The fraction of sp³-hybridized carbons (Fsp3) is 0.278. The van der Waals surface area contributed by atoms with Gasteiger partial charge in [-0.15, -0.1) is 21.5 Å². The lowest BCUT2D eigenvalue weighted by molar-refractivity contribution is 0.0793. The molecule has 5 nitrogen and oxygen atoms in total. The molecule has 1 aliphatic rings. The molecule has 0 bridgehead atoms. The van der Waals surface area contributed by atoms with E-state index in [4.69, 9.17) is 4.42 Å². The summed E-state index contributed by atoms with van der Waals surface area (Å²) in [7, 11) is 0. The van der Waals surface area contributed by atoms with Gasteiger partial charge in [-0.05, 0) is 42.0 Å². The molecule has 4 rings (SSSR count). The lowest BCUT2D eigenvalue weighted by atomic mass is 10.1. The van der Waals surface area contributed by atoms with Gasteiger partial charge in [-0.2, -0.15) is 0 Å². The second kappa shape index (κ2) is 7.41. The second-order valence-corrected chi connectivity index (χ2v) is 7.71. The molecule has 1 aromatic carbocycles. The first kappa shape index (κ1) is 16.4. The van der Waals surface area contributed by atoms with Crippen molar-refractivity contribution >= 4 is 29.0 Å². The highest BCUT2D eigenvalue weighted by atomic mass is 32.2. The van der Waals surface area contributed by atoms with Gasteiger partial charge >= 0.3 is 0 Å². The van der Waals surface area contributed by atoms with Crippen molar-refractivity contribution in [2.45, 2.75) is 23.8 Å². The average molecular weight is 371 g/mol. The van der Waals surface area contributed by atoms with E-state index in [2.05, 4.69) is 10.2 Å². The van der Waals surface area contributed by atoms with Gasteiger partial charge in [0.2, 0.25) is 0 Å². The van der Waals surface area contributed by atoms with Gasteiger partial charge in [0.25, 0.3) is 17.0 Å². The lowest BCUT2D eigenvalue weighted by Crippen LogP contribution is -2.27. The van der Waals surface area contributed by atoms with Gasteiger partial charge in [0.1, 0.15) is 0 Å². The maximum Gasteiger partial charge on any atom is 0.277 e. The van der Waals surface area contributed by atoms with Crippen molar-refractivity contribution in [3.63, 3.8) is 0 Å². The molecular weight excluding hydrogens is 354 g/mol. The third-order valence-electron chi connectivity index (χ3n) is 4.09. The lowest BCUT2D eigenvalue weighted by Gasteiger charge is -2.15. The highest BCUT2D eigenvalue weighted by molar-refractivity contribution is 7.98. The van der Waals surface area contributed by atoms with Gasteiger partial charge in [0.05, 0.1) is 4.88 Å². The Labute approximate surface area is 154 Å². The molecule has 1 amide bonds. The van der Waals surface area contributed by atoms with E-state index in [0.717, 1.165) is 47.7 Å². The quantitative estimate of drug-likeness (QED) is 0.625. The number of thiophene rings is 1. The maximum atomic E-state index is 12.3. The molecular formula is C18H17N3O2S2. The van der Waals surface area contributed by atoms with Crippen LogP contribution in [0.15, 0.2) is 51.4 Å². The monoisotopic (exact) mass is 371 g/mol. The SMILES string of the molecule is O=C(c1ccc(CSc2nnc(-c3cccs3)o2)cc1)N1CCCC1. The Morgan fingerprint density at radius 3 is 2.68 bits per heavy atom. The normalized spacial score (nSPS) is 14.2. The number of benzene rings is 1. The fourth-order valence-electron chi connectivity index (χ4n) is 2.76. The molecule has 3 aromatic rings. The Bertz CT molecular complexity index is 838. The summed E-state index contributed by atoms with van der Waals surface area (Å²) in [6.45, 7) is 1.75. The summed E-state index contributed by atoms with van der Waals surface area (Å²) in [6, 6.07) is 11.7. The number of hydrogen-bond acceptors (Lipinski definition) is 6. The predicted molar refractivity (Wildman–Crippen MR) is 98.8 cm³/mol. The Morgan fingerprint density at radius 1 is 1.16 bits per heavy atom. The summed E-state index contributed by atoms with van der Waals surface area (Å²) in [5.74, 6) is 1.42. The van der Waals surface area contributed by atoms with Crippen LogP contribution in [-0.2, 0) is 5.75 Å². The van der Waals surface area contributed by atoms with Crippen LogP contribution in [0.25, 0.3) is 10.8 Å². The minimum absolute atomic E-state index is 0.134. The van der Waals surface area contributed by atoms with Crippen LogP contribution in [0.4, 0.5) is 0 Å². The number of thioether (sulfide) groups is 1. The maximum absolute atomic E-state index is 12.3. The number of nitrogens with zero attached hydrogens (tertiary/aromatic N) is 3. The largest absolute Gasteiger partial charge is 0.410 e. The van der Waals surface area contributed by atoms with Crippen LogP contribution in [0.5, 0.6) is 0 Å². The standard InChI is InChI=1S/C18H17N3O2S2/c22-17(21-9-1-2-10-21)14-7-5-13(6-8-14)12-25-18-20-19-16(23-18)15-4-3-11-24-15/h3-8,11H,1-2,9-10,12H2. The van der Waals surface area contributed by atoms with E-state index in [9.17, 15) is 4.79 Å². The number of likely N-dealkylation sites (tertiary alicyclic amines) is 1. The number of rotatable bonds is 5. The first-order chi connectivity index (χ1) is 12.3. The van der Waals surface area contributed by atoms with Crippen LogP contribution in [0.1, 0.15) is 28.8 Å². The Kier molecular flexibility index (Phi) is 4.85. The van der Waals surface area contributed by atoms with E-state index in [1.807, 2.05) is 46.7 Å². The summed E-state index contributed by atoms with van der Waals surface area (Å²) >= 11 is 3.08. The molecule has 128 valence electrons. The zero-order chi connectivity index (χ0) is 17.1. The molecule has 0 unspecified atom stereocenters. The van der Waals surface area contributed by atoms with Gasteiger partial charge in [0.15, 0.2) is 0 Å². The number of carbonyl (C=O) groups excluding carboxylic acids is 1. The Balaban J connectivity index is 1.36. The van der Waals surface area contributed by atoms with Crippen molar-refractivity contribution < 1.29 is 9.21 Å². The zero-order valence-electron chi connectivity index (χ0n) is 13.6. The van der Waals surface area contributed by atoms with Crippen molar-refractivity contribution in [3.8, 4) is 10.8 Å². The van der Waals surface area contributed by atoms with Crippen molar-refractivity contribution in [2.24, 2.45) is 0 Å². The first-order valence-corrected chi connectivity index (χ1v) is 10.0. The molecule has 1 aliphatic heterocycles. The van der Waals surface area contributed by atoms with Crippen molar-refractivity contribution in [3.05, 3.63) is 52.9 Å². The molecule has 7 heteroatoms. The highest BCUT2D eigenvalue weighted by Crippen LogP contribution is 2.28. The minimum Gasteiger partial charge on any atom is -0.410 e. The molecule has 25 heavy (non-hydrogen) atoms. The summed E-state index contributed by atoms with van der Waals surface area (Å²) in [5, 5.41) is 10.7. The zero-order valence-corrected chi connectivity index (χ0v) is 15.2. The van der Waals surface area contributed by atoms with Crippen molar-refractivity contribution in [1.29, 1.82) is 0 Å². The van der Waals surface area contributed by atoms with E-state index in [1.54, 1.807) is 11.3 Å². The molecule has 0 saturated carbocycles. The molecule has 0 N–H and O–H groups in total. The molecule has 3 heterocycles. The summed E-state index contributed by atoms with van der Waals surface area (Å²) in [4.78, 5) is 15.2. The van der Waals surface area contributed by atoms with Gasteiger partial charge in [-0.3, -0.25) is 4.79 Å². The highest BCUT2D eigenvalue weighted by Gasteiger charge is 2.19. The van der Waals surface area contributed by atoms with Gasteiger partial charge in [-0.25, -0.2) is 0 Å². The van der Waals surface area contributed by atoms with E-state index in [0.29, 0.717) is 11.1 Å². The van der Waals surface area contributed by atoms with Gasteiger partial charge < -0.3 is 9.32 Å². The third kappa shape index (κ3) is 3.77. The van der Waals surface area contributed by atoms with Crippen LogP contribution >= 0.6 is 23.1 Å². The van der Waals surface area contributed by atoms with E-state index < -0.39 is 0 Å². The number of hydrogen-bond donors (Lipinski definition) is 0. The van der Waals surface area contributed by atoms with Crippen LogP contribution in [0.3, 0.4) is 0 Å². The van der Waals surface area contributed by atoms with Gasteiger partial charge in [0, 0.05) is 24.4 Å². The smallest absolute Gasteiger partial charge is 0.277 e. The molecule has 1 fully saturated rings. The van der Waals surface area contributed by atoms with Crippen LogP contribution in [0, 0.1) is 0 Å². The molecule has 0 atom stereocenters. The van der Waals surface area contributed by atoms with Crippen LogP contribution < -0.4 is 0 Å². The first-order valence-electron chi connectivity index (χ1n) is 8.18. The average Bonchev–Trinajstić information content (AvgIpc) is 3.42. The molecule has 0 radical (unpaired) electrons. The van der Waals surface area contributed by atoms with E-state index in [1.165, 1.54) is 11.8 Å². The number of carbonyl (C=O) groups is 1. The predicted octanol–water partition coefficient (Wildman–Crippen LogP) is 4.33. The summed E-state index contributed by atoms with van der Waals surface area (Å²) in [6.07, 6.45) is 2.22. The van der Waals surface area contributed by atoms with E-state index >= 15 is 0 Å². The molecule has 1 saturated heterocycles. The van der Waals surface area contributed by atoms with Gasteiger partial charge in [-0.1, -0.05) is 30.0 Å². The fourth-order valence-corrected chi connectivity index (χ4v) is 4.12. The molecule has 0 aliphatic carbocycles. The van der Waals surface area contributed by atoms with Crippen LogP contribution in [-0.4, -0.2) is 34.1 Å². The third-order valence-corrected chi connectivity index (χ3v) is 5.84. The second-order valence-electron chi connectivity index (χ2n) is 5.84. The Hall–Kier alpha value is -2.12. The number of aromatic nitrogens is 2. The molecule has 2 aromatic heterocycles. The van der Waals surface area contributed by atoms with Crippen molar-refractivity contribution in [2.75, 3.05) is 13.1 Å². The topological polar surface area (TPSA) is 59.2 Å². The van der Waals surface area contributed by atoms with Crippen molar-refractivity contribution in [1.82, 2.24) is 15.1 Å². The summed E-state index contributed by atoms with van der Waals surface area (Å²) < 4.78 is 5.67. The molecule has 0 spiro atoms.